The van der Waals surface area contributed by atoms with Gasteiger partial charge in [0.1, 0.15) is 0 Å². The maximum absolute atomic E-state index is 6.66. The van der Waals surface area contributed by atoms with Crippen LogP contribution in [0.15, 0.2) is 79.1 Å². The van der Waals surface area contributed by atoms with Gasteiger partial charge in [-0.1, -0.05) is 42.2 Å². The second kappa shape index (κ2) is 7.65. The van der Waals surface area contributed by atoms with E-state index in [2.05, 4.69) is 41.4 Å². The van der Waals surface area contributed by atoms with Crippen LogP contribution in [-0.4, -0.2) is 18.3 Å². The molecule has 0 radical (unpaired) electrons. The zero-order valence-electron chi connectivity index (χ0n) is 15.3. The van der Waals surface area contributed by atoms with E-state index in [-0.39, 0.29) is 0 Å². The molecule has 3 rings (SSSR count). The molecule has 0 spiro atoms. The van der Waals surface area contributed by atoms with Crippen LogP contribution in [-0.2, 0) is 10.0 Å². The molecule has 0 aliphatic carbocycles. The Bertz CT molecular complexity index is 855. The maximum Gasteiger partial charge on any atom is 0.204 e. The molecule has 0 aliphatic rings. The molecule has 0 amide bonds. The highest BCUT2D eigenvalue weighted by molar-refractivity contribution is 6.69. The van der Waals surface area contributed by atoms with Gasteiger partial charge in [-0.05, 0) is 56.0 Å². The molecular formula is C22H22N2OSi. The van der Waals surface area contributed by atoms with Crippen molar-refractivity contribution in [2.75, 3.05) is 0 Å². The van der Waals surface area contributed by atoms with Crippen LogP contribution in [0.4, 0.5) is 0 Å². The van der Waals surface area contributed by atoms with Gasteiger partial charge < -0.3 is 4.43 Å². The van der Waals surface area contributed by atoms with Crippen LogP contribution in [0.25, 0.3) is 0 Å². The van der Waals surface area contributed by atoms with E-state index in [0.717, 1.165) is 17.0 Å². The third-order valence-corrected chi connectivity index (χ3v) is 4.59. The molecule has 2 aromatic heterocycles. The molecule has 3 aromatic rings. The van der Waals surface area contributed by atoms with Gasteiger partial charge in [0.15, 0.2) is 8.32 Å². The molecule has 0 aliphatic heterocycles. The van der Waals surface area contributed by atoms with E-state index in [1.165, 1.54) is 0 Å². The summed E-state index contributed by atoms with van der Waals surface area (Å²) in [6.07, 6.45) is 3.54. The summed E-state index contributed by atoms with van der Waals surface area (Å²) in [5, 5.41) is 0. The molecule has 1 aromatic carbocycles. The Morgan fingerprint density at radius 2 is 1.31 bits per heavy atom. The second-order valence-corrected chi connectivity index (χ2v) is 11.4. The standard InChI is InChI=1S/C22H22N2OSi/c1-26(2,3)25-22(20-13-7-9-17-23-20,21-14-8-10-18-24-21)16-15-19-11-5-4-6-12-19/h4-14,17-18H,1-3H3. The first-order chi connectivity index (χ1) is 12.5. The van der Waals surface area contributed by atoms with Crippen LogP contribution in [0.1, 0.15) is 17.0 Å². The molecule has 0 N–H and O–H groups in total. The van der Waals surface area contributed by atoms with E-state index in [1.807, 2.05) is 66.7 Å². The Morgan fingerprint density at radius 3 is 1.77 bits per heavy atom. The fourth-order valence-corrected chi connectivity index (χ4v) is 3.85. The molecule has 2 heterocycles. The molecular weight excluding hydrogens is 336 g/mol. The van der Waals surface area contributed by atoms with Crippen molar-refractivity contribution < 1.29 is 4.43 Å². The largest absolute Gasteiger partial charge is 0.392 e. The Balaban J connectivity index is 2.23. The summed E-state index contributed by atoms with van der Waals surface area (Å²) in [5.74, 6) is 6.65. The minimum Gasteiger partial charge on any atom is -0.392 e. The molecule has 4 heteroatoms. The summed E-state index contributed by atoms with van der Waals surface area (Å²) in [4.78, 5) is 9.16. The maximum atomic E-state index is 6.66. The molecule has 130 valence electrons. The lowest BCUT2D eigenvalue weighted by atomic mass is 9.94. The predicted octanol–water partition coefficient (Wildman–Crippen LogP) is 4.62. The summed E-state index contributed by atoms with van der Waals surface area (Å²) in [6, 6.07) is 21.5. The number of pyridine rings is 2. The van der Waals surface area contributed by atoms with Crippen molar-refractivity contribution >= 4 is 8.32 Å². The van der Waals surface area contributed by atoms with E-state index in [1.54, 1.807) is 12.4 Å². The summed E-state index contributed by atoms with van der Waals surface area (Å²) in [6.45, 7) is 6.45. The molecule has 26 heavy (non-hydrogen) atoms. The van der Waals surface area contributed by atoms with Gasteiger partial charge in [-0.3, -0.25) is 9.97 Å². The Hall–Kier alpha value is -2.74. The van der Waals surface area contributed by atoms with Crippen LogP contribution in [0, 0.1) is 11.8 Å². The molecule has 0 saturated carbocycles. The second-order valence-electron chi connectivity index (χ2n) is 6.94. The number of aromatic nitrogens is 2. The Morgan fingerprint density at radius 1 is 0.769 bits per heavy atom. The highest BCUT2D eigenvalue weighted by Crippen LogP contribution is 2.34. The van der Waals surface area contributed by atoms with Gasteiger partial charge in [-0.25, -0.2) is 0 Å². The molecule has 3 nitrogen and oxygen atoms in total. The number of benzene rings is 1. The van der Waals surface area contributed by atoms with Gasteiger partial charge in [-0.2, -0.15) is 0 Å². The average molecular weight is 359 g/mol. The van der Waals surface area contributed by atoms with Gasteiger partial charge in [0, 0.05) is 18.0 Å². The molecule has 0 unspecified atom stereocenters. The average Bonchev–Trinajstić information content (AvgIpc) is 2.66. The highest BCUT2D eigenvalue weighted by Gasteiger charge is 2.40. The van der Waals surface area contributed by atoms with Crippen molar-refractivity contribution in [2.45, 2.75) is 25.2 Å². The first kappa shape index (κ1) is 18.1. The van der Waals surface area contributed by atoms with E-state index >= 15 is 0 Å². The fourth-order valence-electron chi connectivity index (χ4n) is 2.67. The van der Waals surface area contributed by atoms with Crippen LogP contribution < -0.4 is 0 Å². The van der Waals surface area contributed by atoms with E-state index < -0.39 is 13.9 Å². The lowest BCUT2D eigenvalue weighted by molar-refractivity contribution is 0.156. The van der Waals surface area contributed by atoms with Gasteiger partial charge in [0.2, 0.25) is 5.60 Å². The minimum atomic E-state index is -1.98. The SMILES string of the molecule is C[Si](C)(C)OC(C#Cc1ccccc1)(c1ccccn1)c1ccccn1. The number of hydrogen-bond acceptors (Lipinski definition) is 3. The van der Waals surface area contributed by atoms with Crippen molar-refractivity contribution in [3.8, 4) is 11.8 Å². The van der Waals surface area contributed by atoms with Crippen molar-refractivity contribution in [3.63, 3.8) is 0 Å². The van der Waals surface area contributed by atoms with Crippen molar-refractivity contribution in [1.29, 1.82) is 0 Å². The van der Waals surface area contributed by atoms with Gasteiger partial charge in [0.25, 0.3) is 0 Å². The number of nitrogens with zero attached hydrogens (tertiary/aromatic N) is 2. The van der Waals surface area contributed by atoms with Gasteiger partial charge in [-0.15, -0.1) is 0 Å². The van der Waals surface area contributed by atoms with E-state index in [0.29, 0.717) is 0 Å². The highest BCUT2D eigenvalue weighted by atomic mass is 28.4. The van der Waals surface area contributed by atoms with Crippen LogP contribution in [0.2, 0.25) is 19.6 Å². The minimum absolute atomic E-state index is 0.754. The Labute approximate surface area is 156 Å². The quantitative estimate of drug-likeness (QED) is 0.504. The number of rotatable bonds is 4. The summed E-state index contributed by atoms with van der Waals surface area (Å²) in [7, 11) is -1.98. The van der Waals surface area contributed by atoms with Crippen LogP contribution in [0.5, 0.6) is 0 Å². The zero-order chi connectivity index (χ0) is 18.5. The monoisotopic (exact) mass is 358 g/mol. The van der Waals surface area contributed by atoms with Crippen LogP contribution in [0.3, 0.4) is 0 Å². The predicted molar refractivity (Wildman–Crippen MR) is 107 cm³/mol. The lowest BCUT2D eigenvalue weighted by Crippen LogP contribution is -2.42. The fraction of sp³-hybridized carbons (Fsp3) is 0.182. The van der Waals surface area contributed by atoms with Gasteiger partial charge >= 0.3 is 0 Å². The topological polar surface area (TPSA) is 35.0 Å². The van der Waals surface area contributed by atoms with Crippen molar-refractivity contribution in [2.24, 2.45) is 0 Å². The number of hydrogen-bond donors (Lipinski definition) is 0. The third-order valence-electron chi connectivity index (χ3n) is 3.67. The lowest BCUT2D eigenvalue weighted by Gasteiger charge is -2.34. The van der Waals surface area contributed by atoms with Gasteiger partial charge in [0.05, 0.1) is 11.4 Å². The smallest absolute Gasteiger partial charge is 0.204 e. The summed E-state index contributed by atoms with van der Waals surface area (Å²) in [5.41, 5.74) is 1.44. The van der Waals surface area contributed by atoms with E-state index in [9.17, 15) is 0 Å². The van der Waals surface area contributed by atoms with Crippen molar-refractivity contribution in [1.82, 2.24) is 9.97 Å². The zero-order valence-corrected chi connectivity index (χ0v) is 16.3. The van der Waals surface area contributed by atoms with E-state index in [4.69, 9.17) is 4.43 Å². The Kier molecular flexibility index (Phi) is 5.31. The summed E-state index contributed by atoms with van der Waals surface area (Å²) >= 11 is 0. The summed E-state index contributed by atoms with van der Waals surface area (Å²) < 4.78 is 6.66. The first-order valence-corrected chi connectivity index (χ1v) is 12.0. The molecule has 0 atom stereocenters. The van der Waals surface area contributed by atoms with Crippen molar-refractivity contribution in [3.05, 3.63) is 96.1 Å². The third kappa shape index (κ3) is 4.26. The molecule has 0 bridgehead atoms. The molecule has 0 fully saturated rings. The van der Waals surface area contributed by atoms with Crippen LogP contribution >= 0.6 is 0 Å². The normalized spacial score (nSPS) is 11.5. The molecule has 0 saturated heterocycles. The first-order valence-electron chi connectivity index (χ1n) is 8.61.